The topological polar surface area (TPSA) is 48.1 Å². The van der Waals surface area contributed by atoms with Gasteiger partial charge in [-0.2, -0.15) is 5.10 Å². The average molecular weight is 346 g/mol. The lowest BCUT2D eigenvalue weighted by molar-refractivity contribution is -0.0410. The molecule has 0 N–H and O–H groups in total. The van der Waals surface area contributed by atoms with Gasteiger partial charge in [-0.3, -0.25) is 9.58 Å². The van der Waals surface area contributed by atoms with Crippen LogP contribution in [0.25, 0.3) is 11.0 Å². The minimum Gasteiger partial charge on any atom is -0.374 e. The molecule has 0 saturated carbocycles. The van der Waals surface area contributed by atoms with Gasteiger partial charge in [-0.05, 0) is 24.3 Å². The van der Waals surface area contributed by atoms with Crippen LogP contribution in [0.2, 0.25) is 5.02 Å². The van der Waals surface area contributed by atoms with Gasteiger partial charge in [0.15, 0.2) is 0 Å². The van der Waals surface area contributed by atoms with Gasteiger partial charge in [0.2, 0.25) is 0 Å². The molecule has 2 aromatic heterocycles. The summed E-state index contributed by atoms with van der Waals surface area (Å²) >= 11 is 6.07. The average Bonchev–Trinajstić information content (AvgIpc) is 3.17. The summed E-state index contributed by atoms with van der Waals surface area (Å²) in [4.78, 5) is 7.14. The van der Waals surface area contributed by atoms with E-state index in [1.165, 1.54) is 0 Å². The highest BCUT2D eigenvalue weighted by Gasteiger charge is 2.22. The van der Waals surface area contributed by atoms with Gasteiger partial charge in [-0.1, -0.05) is 11.6 Å². The number of benzene rings is 1. The van der Waals surface area contributed by atoms with E-state index >= 15 is 0 Å². The van der Waals surface area contributed by atoms with Crippen molar-refractivity contribution in [3.05, 3.63) is 47.5 Å². The Morgan fingerprint density at radius 3 is 3.12 bits per heavy atom. The highest BCUT2D eigenvalue weighted by Crippen LogP contribution is 2.21. The van der Waals surface area contributed by atoms with Crippen molar-refractivity contribution in [1.29, 1.82) is 0 Å². The van der Waals surface area contributed by atoms with Gasteiger partial charge < -0.3 is 9.30 Å². The van der Waals surface area contributed by atoms with Crippen LogP contribution < -0.4 is 0 Å². The molecule has 6 nitrogen and oxygen atoms in total. The van der Waals surface area contributed by atoms with Gasteiger partial charge in [-0.15, -0.1) is 0 Å². The molecule has 24 heavy (non-hydrogen) atoms. The molecular weight excluding hydrogens is 326 g/mol. The molecule has 1 saturated heterocycles. The van der Waals surface area contributed by atoms with Crippen LogP contribution in [0.15, 0.2) is 36.7 Å². The van der Waals surface area contributed by atoms with Gasteiger partial charge in [0.1, 0.15) is 5.82 Å². The van der Waals surface area contributed by atoms with E-state index in [1.807, 2.05) is 35.1 Å². The van der Waals surface area contributed by atoms with Crippen LogP contribution in [0.5, 0.6) is 0 Å². The second kappa shape index (κ2) is 6.55. The fraction of sp³-hybridized carbons (Fsp3) is 0.412. The van der Waals surface area contributed by atoms with E-state index in [1.54, 1.807) is 6.20 Å². The maximum absolute atomic E-state index is 6.07. The zero-order valence-electron chi connectivity index (χ0n) is 13.6. The highest BCUT2D eigenvalue weighted by atomic mass is 35.5. The number of fused-ring (bicyclic) bond motifs is 1. The predicted molar refractivity (Wildman–Crippen MR) is 93.0 cm³/mol. The first-order valence-electron chi connectivity index (χ1n) is 8.11. The molecule has 1 aromatic carbocycles. The molecule has 3 heterocycles. The molecule has 0 amide bonds. The maximum atomic E-state index is 6.07. The predicted octanol–water partition coefficient (Wildman–Crippen LogP) is 2.32. The Hall–Kier alpha value is -1.89. The minimum absolute atomic E-state index is 0.155. The summed E-state index contributed by atoms with van der Waals surface area (Å²) in [6.07, 6.45) is 3.92. The number of nitrogens with zero attached hydrogens (tertiary/aromatic N) is 5. The van der Waals surface area contributed by atoms with Crippen molar-refractivity contribution >= 4 is 22.6 Å². The molecule has 1 aliphatic rings. The van der Waals surface area contributed by atoms with Crippen molar-refractivity contribution in [2.75, 3.05) is 19.7 Å². The van der Waals surface area contributed by atoms with E-state index in [0.717, 1.165) is 54.7 Å². The first-order valence-corrected chi connectivity index (χ1v) is 8.49. The van der Waals surface area contributed by atoms with Gasteiger partial charge in [0.25, 0.3) is 0 Å². The van der Waals surface area contributed by atoms with Crippen LogP contribution in [-0.2, 0) is 24.9 Å². The SMILES string of the molecule is Cn1c(CN2CCO[C@@H](Cn3cccn3)C2)nc2cc(Cl)ccc21. The third kappa shape index (κ3) is 3.17. The van der Waals surface area contributed by atoms with Crippen LogP contribution in [0, 0.1) is 0 Å². The third-order valence-corrected chi connectivity index (χ3v) is 4.71. The first kappa shape index (κ1) is 15.6. The quantitative estimate of drug-likeness (QED) is 0.728. The van der Waals surface area contributed by atoms with Crippen molar-refractivity contribution in [2.24, 2.45) is 7.05 Å². The Kier molecular flexibility index (Phi) is 4.26. The van der Waals surface area contributed by atoms with E-state index in [2.05, 4.69) is 21.6 Å². The van der Waals surface area contributed by atoms with Gasteiger partial charge in [0.05, 0.1) is 36.8 Å². The Bertz CT molecular complexity index is 829. The number of imidazole rings is 1. The Morgan fingerprint density at radius 2 is 2.29 bits per heavy atom. The molecule has 0 radical (unpaired) electrons. The Balaban J connectivity index is 1.47. The number of aromatic nitrogens is 4. The molecule has 0 spiro atoms. The van der Waals surface area contributed by atoms with Crippen LogP contribution in [-0.4, -0.2) is 50.0 Å². The van der Waals surface area contributed by atoms with Crippen molar-refractivity contribution < 1.29 is 4.74 Å². The summed E-state index contributed by atoms with van der Waals surface area (Å²) in [6.45, 7) is 4.12. The maximum Gasteiger partial charge on any atom is 0.123 e. The molecule has 1 atom stereocenters. The Labute approximate surface area is 145 Å². The summed E-state index contributed by atoms with van der Waals surface area (Å²) in [7, 11) is 2.06. The minimum atomic E-state index is 0.155. The highest BCUT2D eigenvalue weighted by molar-refractivity contribution is 6.31. The van der Waals surface area contributed by atoms with Gasteiger partial charge in [-0.25, -0.2) is 4.98 Å². The van der Waals surface area contributed by atoms with E-state index < -0.39 is 0 Å². The Morgan fingerprint density at radius 1 is 1.38 bits per heavy atom. The molecule has 126 valence electrons. The van der Waals surface area contributed by atoms with Crippen molar-refractivity contribution in [3.63, 3.8) is 0 Å². The molecule has 1 fully saturated rings. The smallest absolute Gasteiger partial charge is 0.123 e. The summed E-state index contributed by atoms with van der Waals surface area (Å²) in [6, 6.07) is 7.78. The number of aryl methyl sites for hydroxylation is 1. The lowest BCUT2D eigenvalue weighted by Crippen LogP contribution is -2.44. The summed E-state index contributed by atoms with van der Waals surface area (Å²) in [5.74, 6) is 1.05. The number of rotatable bonds is 4. The third-order valence-electron chi connectivity index (χ3n) is 4.47. The van der Waals surface area contributed by atoms with Crippen LogP contribution >= 0.6 is 11.6 Å². The molecule has 1 aliphatic heterocycles. The number of halogens is 1. The summed E-state index contributed by atoms with van der Waals surface area (Å²) in [5, 5.41) is 4.98. The van der Waals surface area contributed by atoms with E-state index in [0.29, 0.717) is 0 Å². The van der Waals surface area contributed by atoms with Crippen molar-refractivity contribution in [3.8, 4) is 0 Å². The van der Waals surface area contributed by atoms with Crippen LogP contribution in [0.3, 0.4) is 0 Å². The number of hydrogen-bond donors (Lipinski definition) is 0. The fourth-order valence-electron chi connectivity index (χ4n) is 3.22. The first-order chi connectivity index (χ1) is 11.7. The number of hydrogen-bond acceptors (Lipinski definition) is 4. The van der Waals surface area contributed by atoms with E-state index in [9.17, 15) is 0 Å². The molecule has 3 aromatic rings. The number of morpholine rings is 1. The lowest BCUT2D eigenvalue weighted by atomic mass is 10.2. The van der Waals surface area contributed by atoms with Crippen LogP contribution in [0.4, 0.5) is 0 Å². The largest absolute Gasteiger partial charge is 0.374 e. The zero-order chi connectivity index (χ0) is 16.5. The standard InChI is InChI=1S/C17H20ClN5O/c1-21-16-4-3-13(18)9-15(16)20-17(21)12-22-7-8-24-14(10-22)11-23-6-2-5-19-23/h2-6,9,14H,7-8,10-12H2,1H3/t14-/m1/s1. The normalized spacial score (nSPS) is 19.2. The molecule has 0 aliphatic carbocycles. The molecule has 0 bridgehead atoms. The van der Waals surface area contributed by atoms with Gasteiger partial charge in [0, 0.05) is 37.6 Å². The molecule has 0 unspecified atom stereocenters. The molecule has 4 rings (SSSR count). The van der Waals surface area contributed by atoms with Crippen molar-refractivity contribution in [1.82, 2.24) is 24.2 Å². The lowest BCUT2D eigenvalue weighted by Gasteiger charge is -2.32. The fourth-order valence-corrected chi connectivity index (χ4v) is 3.38. The van der Waals surface area contributed by atoms with Gasteiger partial charge >= 0.3 is 0 Å². The second-order valence-corrected chi connectivity index (χ2v) is 6.61. The van der Waals surface area contributed by atoms with Crippen molar-refractivity contribution in [2.45, 2.75) is 19.2 Å². The molecular formula is C17H20ClN5O. The molecule has 7 heteroatoms. The second-order valence-electron chi connectivity index (χ2n) is 6.18. The summed E-state index contributed by atoms with van der Waals surface area (Å²) < 4.78 is 9.94. The summed E-state index contributed by atoms with van der Waals surface area (Å²) in [5.41, 5.74) is 2.05. The van der Waals surface area contributed by atoms with Crippen LogP contribution in [0.1, 0.15) is 5.82 Å². The van der Waals surface area contributed by atoms with E-state index in [4.69, 9.17) is 21.3 Å². The monoisotopic (exact) mass is 345 g/mol. The zero-order valence-corrected chi connectivity index (χ0v) is 14.4. The van der Waals surface area contributed by atoms with E-state index in [-0.39, 0.29) is 6.10 Å². The number of ether oxygens (including phenoxy) is 1.